The van der Waals surface area contributed by atoms with Crippen molar-refractivity contribution in [3.8, 4) is 17.2 Å². The normalized spacial score (nSPS) is 15.6. The van der Waals surface area contributed by atoms with Gasteiger partial charge >= 0.3 is 6.18 Å². The first-order valence-corrected chi connectivity index (χ1v) is 9.93. The Labute approximate surface area is 191 Å². The Balaban J connectivity index is 1.40. The summed E-state index contributed by atoms with van der Waals surface area (Å²) in [6.45, 7) is 0.00895. The summed E-state index contributed by atoms with van der Waals surface area (Å²) in [5.74, 6) is 0.276. The highest BCUT2D eigenvalue weighted by atomic mass is 19.4. The van der Waals surface area contributed by atoms with Crippen molar-refractivity contribution in [1.29, 1.82) is 0 Å². The Morgan fingerprint density at radius 2 is 1.74 bits per heavy atom. The molecule has 1 amide bonds. The third-order valence-corrected chi connectivity index (χ3v) is 4.64. The molecule has 0 aliphatic carbocycles. The van der Waals surface area contributed by atoms with Crippen molar-refractivity contribution in [2.45, 2.75) is 12.3 Å². The van der Waals surface area contributed by atoms with Gasteiger partial charge in [0.15, 0.2) is 11.5 Å². The summed E-state index contributed by atoms with van der Waals surface area (Å²) < 4.78 is 49.6. The highest BCUT2D eigenvalue weighted by Gasteiger charge is 2.30. The van der Waals surface area contributed by atoms with Crippen molar-refractivity contribution in [1.82, 2.24) is 5.43 Å². The zero-order valence-electron chi connectivity index (χ0n) is 17.4. The Morgan fingerprint density at radius 3 is 2.50 bits per heavy atom. The first kappa shape index (κ1) is 22.8. The number of fused-ring (bicyclic) bond motifs is 1. The van der Waals surface area contributed by atoms with E-state index >= 15 is 0 Å². The number of carbonyl (C=O) groups excluding carboxylic acids is 1. The number of nitrogens with zero attached hydrogens (tertiary/aromatic N) is 3. The molecule has 1 aliphatic heterocycles. The van der Waals surface area contributed by atoms with Crippen molar-refractivity contribution < 1.29 is 32.5 Å². The minimum Gasteiger partial charge on any atom is -0.507 e. The number of nitrogens with one attached hydrogen (secondary N) is 1. The standard InChI is InChI=1S/C23H17F3N4O4/c24-23(25,26)15-4-3-5-16(11-15)28-29-17-8-9-18(31)14(10-17)12-27-30-22(32)21-13-33-19-6-1-2-7-20(19)34-21/h1-12,21,31H,13H2,(H,30,32)/b27-12+,29-28?/t21-/m1/s1. The lowest BCUT2D eigenvalue weighted by Crippen LogP contribution is -2.42. The molecule has 4 rings (SSSR count). The van der Waals surface area contributed by atoms with Gasteiger partial charge < -0.3 is 14.6 Å². The second kappa shape index (κ2) is 9.61. The molecule has 0 spiro atoms. The molecule has 0 aromatic heterocycles. The minimum atomic E-state index is -4.49. The zero-order chi connectivity index (χ0) is 24.1. The number of benzene rings is 3. The van der Waals surface area contributed by atoms with Crippen LogP contribution in [0.1, 0.15) is 11.1 Å². The first-order valence-electron chi connectivity index (χ1n) is 9.93. The third kappa shape index (κ3) is 5.49. The number of alkyl halides is 3. The Bertz CT molecular complexity index is 1260. The maximum absolute atomic E-state index is 12.8. The lowest BCUT2D eigenvalue weighted by molar-refractivity contribution is -0.137. The number of para-hydroxylation sites is 2. The third-order valence-electron chi connectivity index (χ3n) is 4.64. The molecule has 0 saturated carbocycles. The van der Waals surface area contributed by atoms with Crippen LogP contribution in [-0.2, 0) is 11.0 Å². The molecule has 34 heavy (non-hydrogen) atoms. The van der Waals surface area contributed by atoms with Gasteiger partial charge in [-0.3, -0.25) is 4.79 Å². The van der Waals surface area contributed by atoms with Gasteiger partial charge in [-0.25, -0.2) is 5.43 Å². The topological polar surface area (TPSA) is 105 Å². The van der Waals surface area contributed by atoms with Crippen molar-refractivity contribution in [2.75, 3.05) is 6.61 Å². The molecule has 0 saturated heterocycles. The van der Waals surface area contributed by atoms with Crippen LogP contribution in [0.5, 0.6) is 17.2 Å². The van der Waals surface area contributed by atoms with E-state index in [0.29, 0.717) is 11.5 Å². The molecule has 0 fully saturated rings. The molecule has 0 unspecified atom stereocenters. The van der Waals surface area contributed by atoms with Crippen LogP contribution in [0.4, 0.5) is 24.5 Å². The van der Waals surface area contributed by atoms with Crippen LogP contribution in [-0.4, -0.2) is 29.9 Å². The lowest BCUT2D eigenvalue weighted by Gasteiger charge is -2.24. The van der Waals surface area contributed by atoms with E-state index in [2.05, 4.69) is 20.8 Å². The molecule has 174 valence electrons. The van der Waals surface area contributed by atoms with Crippen LogP contribution in [0, 0.1) is 0 Å². The quantitative estimate of drug-likeness (QED) is 0.307. The van der Waals surface area contributed by atoms with Crippen molar-refractivity contribution in [2.24, 2.45) is 15.3 Å². The number of phenols is 1. The number of hydrazone groups is 1. The van der Waals surface area contributed by atoms with Crippen molar-refractivity contribution in [3.63, 3.8) is 0 Å². The van der Waals surface area contributed by atoms with E-state index in [1.807, 2.05) is 0 Å². The fourth-order valence-electron chi connectivity index (χ4n) is 2.95. The highest BCUT2D eigenvalue weighted by Crippen LogP contribution is 2.32. The van der Waals surface area contributed by atoms with Gasteiger partial charge in [0.25, 0.3) is 5.91 Å². The fourth-order valence-corrected chi connectivity index (χ4v) is 2.95. The summed E-state index contributed by atoms with van der Waals surface area (Å²) in [5.41, 5.74) is 1.94. The van der Waals surface area contributed by atoms with Crippen LogP contribution < -0.4 is 14.9 Å². The summed E-state index contributed by atoms with van der Waals surface area (Å²) in [7, 11) is 0. The van der Waals surface area contributed by atoms with Crippen LogP contribution in [0.3, 0.4) is 0 Å². The summed E-state index contributed by atoms with van der Waals surface area (Å²) in [4.78, 5) is 12.3. The predicted molar refractivity (Wildman–Crippen MR) is 116 cm³/mol. The molecule has 1 heterocycles. The molecule has 0 radical (unpaired) electrons. The molecule has 1 atom stereocenters. The number of hydrogen-bond donors (Lipinski definition) is 2. The number of azo groups is 1. The monoisotopic (exact) mass is 470 g/mol. The zero-order valence-corrected chi connectivity index (χ0v) is 17.4. The summed E-state index contributed by atoms with van der Waals surface area (Å²) in [5, 5.41) is 21.5. The van der Waals surface area contributed by atoms with Crippen molar-refractivity contribution in [3.05, 3.63) is 77.9 Å². The van der Waals surface area contributed by atoms with E-state index in [1.165, 1.54) is 36.5 Å². The second-order valence-corrected chi connectivity index (χ2v) is 7.09. The predicted octanol–water partition coefficient (Wildman–Crippen LogP) is 5.12. The second-order valence-electron chi connectivity index (χ2n) is 7.09. The number of hydrogen-bond acceptors (Lipinski definition) is 7. The molecule has 2 N–H and O–H groups in total. The molecule has 3 aromatic carbocycles. The van der Waals surface area contributed by atoms with E-state index in [9.17, 15) is 23.1 Å². The molecule has 11 heteroatoms. The van der Waals surface area contributed by atoms with Gasteiger partial charge in [-0.15, -0.1) is 0 Å². The van der Waals surface area contributed by atoms with Gasteiger partial charge in [0.1, 0.15) is 12.4 Å². The number of phenolic OH excluding ortho intramolecular Hbond substituents is 1. The molecule has 0 bridgehead atoms. The molecular weight excluding hydrogens is 453 g/mol. The van der Waals surface area contributed by atoms with Gasteiger partial charge in [-0.2, -0.15) is 28.5 Å². The number of amides is 1. The van der Waals surface area contributed by atoms with Gasteiger partial charge in [0.05, 0.1) is 23.2 Å². The minimum absolute atomic E-state index is 0.00895. The van der Waals surface area contributed by atoms with E-state index < -0.39 is 23.8 Å². The Hall–Kier alpha value is -4.41. The van der Waals surface area contributed by atoms with Gasteiger partial charge in [0.2, 0.25) is 6.10 Å². The maximum Gasteiger partial charge on any atom is 0.416 e. The van der Waals surface area contributed by atoms with Gasteiger partial charge in [-0.1, -0.05) is 18.2 Å². The summed E-state index contributed by atoms with van der Waals surface area (Å²) in [6.07, 6.45) is -4.21. The first-order chi connectivity index (χ1) is 16.3. The lowest BCUT2D eigenvalue weighted by atomic mass is 10.2. The smallest absolute Gasteiger partial charge is 0.416 e. The molecular formula is C23H17F3N4O4. The Kier molecular flexibility index (Phi) is 6.44. The molecule has 3 aromatic rings. The number of carbonyl (C=O) groups is 1. The number of aromatic hydroxyl groups is 1. The highest BCUT2D eigenvalue weighted by molar-refractivity contribution is 5.87. The van der Waals surface area contributed by atoms with Crippen LogP contribution in [0.25, 0.3) is 0 Å². The SMILES string of the molecule is O=C(N/N=C/c1cc(N=Nc2cccc(C(F)(F)F)c2)ccc1O)[C@H]1COc2ccccc2O1. The Morgan fingerprint density at radius 1 is 1.00 bits per heavy atom. The van der Waals surface area contributed by atoms with Crippen LogP contribution >= 0.6 is 0 Å². The van der Waals surface area contributed by atoms with E-state index in [1.54, 1.807) is 24.3 Å². The van der Waals surface area contributed by atoms with Gasteiger partial charge in [-0.05, 0) is 48.5 Å². The van der Waals surface area contributed by atoms with Gasteiger partial charge in [0, 0.05) is 5.56 Å². The molecule has 8 nitrogen and oxygen atoms in total. The van der Waals surface area contributed by atoms with E-state index in [0.717, 1.165) is 12.1 Å². The largest absolute Gasteiger partial charge is 0.507 e. The van der Waals surface area contributed by atoms with Crippen molar-refractivity contribution >= 4 is 23.5 Å². The average molecular weight is 470 g/mol. The van der Waals surface area contributed by atoms with Crippen LogP contribution in [0.15, 0.2) is 82.1 Å². The van der Waals surface area contributed by atoms with E-state index in [4.69, 9.17) is 9.47 Å². The maximum atomic E-state index is 12.8. The van der Waals surface area contributed by atoms with E-state index in [-0.39, 0.29) is 29.3 Å². The summed E-state index contributed by atoms with van der Waals surface area (Å²) >= 11 is 0. The van der Waals surface area contributed by atoms with Crippen LogP contribution in [0.2, 0.25) is 0 Å². The number of ether oxygens (including phenoxy) is 2. The fraction of sp³-hybridized carbons (Fsp3) is 0.130. The average Bonchev–Trinajstić information content (AvgIpc) is 2.83. The number of halogens is 3. The molecule has 1 aliphatic rings. The number of rotatable bonds is 5. The summed E-state index contributed by atoms with van der Waals surface area (Å²) in [6, 6.07) is 15.5.